The van der Waals surface area contributed by atoms with Gasteiger partial charge < -0.3 is 23.9 Å². The van der Waals surface area contributed by atoms with E-state index in [1.54, 1.807) is 29.1 Å². The number of aromatic nitrogens is 2. The van der Waals surface area contributed by atoms with Crippen molar-refractivity contribution in [1.29, 1.82) is 0 Å². The third-order valence-corrected chi connectivity index (χ3v) is 3.11. The molecule has 1 atom stereocenters. The molecule has 0 unspecified atom stereocenters. The molecule has 0 spiro atoms. The molecule has 20 heavy (non-hydrogen) atoms. The van der Waals surface area contributed by atoms with Crippen LogP contribution in [-0.4, -0.2) is 36.0 Å². The Hall–Kier alpha value is -2.21. The Morgan fingerprint density at radius 1 is 1.10 bits per heavy atom. The van der Waals surface area contributed by atoms with Gasteiger partial charge in [0.1, 0.15) is 11.9 Å². The number of methoxy groups -OCH3 is 3. The average Bonchev–Trinajstić information content (AvgIpc) is 2.90. The lowest BCUT2D eigenvalue weighted by Crippen LogP contribution is -2.08. The van der Waals surface area contributed by atoms with Gasteiger partial charge in [0.15, 0.2) is 11.5 Å². The lowest BCUT2D eigenvalue weighted by Gasteiger charge is -2.17. The van der Waals surface area contributed by atoms with Crippen LogP contribution in [0, 0.1) is 0 Å². The molecule has 1 aromatic heterocycles. The van der Waals surface area contributed by atoms with E-state index in [0.717, 1.165) is 0 Å². The molecule has 2 rings (SSSR count). The second-order valence-electron chi connectivity index (χ2n) is 4.26. The fourth-order valence-corrected chi connectivity index (χ4v) is 2.05. The molecule has 1 aromatic carbocycles. The Morgan fingerprint density at radius 3 is 2.10 bits per heavy atom. The minimum atomic E-state index is -0.872. The van der Waals surface area contributed by atoms with E-state index in [0.29, 0.717) is 28.6 Å². The van der Waals surface area contributed by atoms with E-state index >= 15 is 0 Å². The van der Waals surface area contributed by atoms with Crippen LogP contribution >= 0.6 is 0 Å². The third-order valence-electron chi connectivity index (χ3n) is 3.11. The molecule has 0 saturated carbocycles. The van der Waals surface area contributed by atoms with Crippen LogP contribution in [-0.2, 0) is 7.05 Å². The van der Waals surface area contributed by atoms with Crippen LogP contribution in [0.3, 0.4) is 0 Å². The van der Waals surface area contributed by atoms with E-state index < -0.39 is 6.10 Å². The highest BCUT2D eigenvalue weighted by Crippen LogP contribution is 2.40. The zero-order valence-electron chi connectivity index (χ0n) is 12.0. The van der Waals surface area contributed by atoms with Crippen molar-refractivity contribution in [2.24, 2.45) is 7.05 Å². The molecular weight excluding hydrogens is 260 g/mol. The van der Waals surface area contributed by atoms with Gasteiger partial charge in [-0.2, -0.15) is 0 Å². The fourth-order valence-electron chi connectivity index (χ4n) is 2.05. The molecular formula is C14H18N2O4. The van der Waals surface area contributed by atoms with Gasteiger partial charge in [-0.25, -0.2) is 4.98 Å². The van der Waals surface area contributed by atoms with Crippen molar-refractivity contribution < 1.29 is 19.3 Å². The van der Waals surface area contributed by atoms with Gasteiger partial charge in [0, 0.05) is 19.4 Å². The number of nitrogens with zero attached hydrogens (tertiary/aromatic N) is 2. The second kappa shape index (κ2) is 5.83. The Morgan fingerprint density at radius 2 is 1.70 bits per heavy atom. The van der Waals surface area contributed by atoms with Gasteiger partial charge in [0.2, 0.25) is 5.75 Å². The summed E-state index contributed by atoms with van der Waals surface area (Å²) in [5.41, 5.74) is 0.619. The summed E-state index contributed by atoms with van der Waals surface area (Å²) in [6.07, 6.45) is 2.54. The molecule has 1 N–H and O–H groups in total. The molecule has 6 nitrogen and oxygen atoms in total. The monoisotopic (exact) mass is 278 g/mol. The van der Waals surface area contributed by atoms with Crippen molar-refractivity contribution in [3.05, 3.63) is 35.9 Å². The number of imidazole rings is 1. The van der Waals surface area contributed by atoms with Crippen LogP contribution in [0.1, 0.15) is 17.5 Å². The minimum absolute atomic E-state index is 0.491. The van der Waals surface area contributed by atoms with Crippen LogP contribution in [0.2, 0.25) is 0 Å². The standard InChI is InChI=1S/C14H18N2O4/c1-16-6-5-15-14(16)12(17)9-7-10(18-2)13(20-4)11(8-9)19-3/h5-8,12,17H,1-4H3/t12-/m1/s1. The number of aliphatic hydroxyl groups excluding tert-OH is 1. The SMILES string of the molecule is COc1cc([C@@H](O)c2nccn2C)cc(OC)c1OC. The van der Waals surface area contributed by atoms with Gasteiger partial charge in [-0.05, 0) is 17.7 Å². The smallest absolute Gasteiger partial charge is 0.203 e. The van der Waals surface area contributed by atoms with E-state index in [2.05, 4.69) is 4.98 Å². The van der Waals surface area contributed by atoms with Crippen LogP contribution in [0.4, 0.5) is 0 Å². The van der Waals surface area contributed by atoms with E-state index in [9.17, 15) is 5.11 Å². The van der Waals surface area contributed by atoms with Crippen LogP contribution < -0.4 is 14.2 Å². The molecule has 108 valence electrons. The maximum Gasteiger partial charge on any atom is 0.203 e. The number of aryl methyl sites for hydroxylation is 1. The second-order valence-corrected chi connectivity index (χ2v) is 4.26. The van der Waals surface area contributed by atoms with Gasteiger partial charge in [-0.1, -0.05) is 0 Å². The number of hydrogen-bond acceptors (Lipinski definition) is 5. The number of benzene rings is 1. The van der Waals surface area contributed by atoms with Gasteiger partial charge in [-0.15, -0.1) is 0 Å². The Balaban J connectivity index is 2.49. The first-order valence-corrected chi connectivity index (χ1v) is 6.07. The largest absolute Gasteiger partial charge is 0.493 e. The highest BCUT2D eigenvalue weighted by molar-refractivity contribution is 5.54. The van der Waals surface area contributed by atoms with Crippen molar-refractivity contribution >= 4 is 0 Å². The lowest BCUT2D eigenvalue weighted by atomic mass is 10.1. The number of rotatable bonds is 5. The summed E-state index contributed by atoms with van der Waals surface area (Å²) in [4.78, 5) is 4.15. The van der Waals surface area contributed by atoms with Crippen molar-refractivity contribution in [1.82, 2.24) is 9.55 Å². The maximum atomic E-state index is 10.4. The summed E-state index contributed by atoms with van der Waals surface area (Å²) < 4.78 is 17.6. The topological polar surface area (TPSA) is 65.7 Å². The Labute approximate surface area is 117 Å². The summed E-state index contributed by atoms with van der Waals surface area (Å²) in [5.74, 6) is 2.02. The van der Waals surface area contributed by atoms with Crippen molar-refractivity contribution in [2.45, 2.75) is 6.10 Å². The predicted molar refractivity (Wildman–Crippen MR) is 73.4 cm³/mol. The normalized spacial score (nSPS) is 12.1. The molecule has 6 heteroatoms. The molecule has 0 aliphatic heterocycles. The quantitative estimate of drug-likeness (QED) is 0.898. The van der Waals surface area contributed by atoms with Crippen molar-refractivity contribution in [3.63, 3.8) is 0 Å². The first kappa shape index (κ1) is 14.2. The molecule has 0 aliphatic rings. The molecule has 0 saturated heterocycles. The highest BCUT2D eigenvalue weighted by Gasteiger charge is 2.20. The molecule has 0 fully saturated rings. The van der Waals surface area contributed by atoms with Crippen molar-refractivity contribution in [2.75, 3.05) is 21.3 Å². The number of hydrogen-bond donors (Lipinski definition) is 1. The number of aliphatic hydroxyl groups is 1. The lowest BCUT2D eigenvalue weighted by molar-refractivity contribution is 0.204. The zero-order valence-corrected chi connectivity index (χ0v) is 12.0. The number of ether oxygens (including phenoxy) is 3. The molecule has 0 radical (unpaired) electrons. The van der Waals surface area contributed by atoms with E-state index in [1.165, 1.54) is 21.3 Å². The molecule has 0 amide bonds. The summed E-state index contributed by atoms with van der Waals surface area (Å²) in [5, 5.41) is 10.4. The third kappa shape index (κ3) is 2.42. The summed E-state index contributed by atoms with van der Waals surface area (Å²) >= 11 is 0. The molecule has 0 bridgehead atoms. The average molecular weight is 278 g/mol. The van der Waals surface area contributed by atoms with E-state index in [1.807, 2.05) is 7.05 Å². The summed E-state index contributed by atoms with van der Waals surface area (Å²) in [7, 11) is 6.43. The van der Waals surface area contributed by atoms with Gasteiger partial charge >= 0.3 is 0 Å². The minimum Gasteiger partial charge on any atom is -0.493 e. The fraction of sp³-hybridized carbons (Fsp3) is 0.357. The van der Waals surface area contributed by atoms with Gasteiger partial charge in [0.05, 0.1) is 21.3 Å². The Bertz CT molecular complexity index is 570. The predicted octanol–water partition coefficient (Wildman–Crippen LogP) is 1.53. The van der Waals surface area contributed by atoms with Gasteiger partial charge in [-0.3, -0.25) is 0 Å². The van der Waals surface area contributed by atoms with E-state index in [4.69, 9.17) is 14.2 Å². The van der Waals surface area contributed by atoms with Crippen LogP contribution in [0.5, 0.6) is 17.2 Å². The summed E-state index contributed by atoms with van der Waals surface area (Å²) in [6.45, 7) is 0. The first-order valence-electron chi connectivity index (χ1n) is 6.07. The van der Waals surface area contributed by atoms with Crippen LogP contribution in [0.25, 0.3) is 0 Å². The highest BCUT2D eigenvalue weighted by atomic mass is 16.5. The zero-order chi connectivity index (χ0) is 14.7. The van der Waals surface area contributed by atoms with Gasteiger partial charge in [0.25, 0.3) is 0 Å². The molecule has 0 aliphatic carbocycles. The van der Waals surface area contributed by atoms with E-state index in [-0.39, 0.29) is 0 Å². The maximum absolute atomic E-state index is 10.4. The summed E-state index contributed by atoms with van der Waals surface area (Å²) in [6, 6.07) is 3.42. The molecule has 1 heterocycles. The van der Waals surface area contributed by atoms with Crippen LogP contribution in [0.15, 0.2) is 24.5 Å². The van der Waals surface area contributed by atoms with Crippen molar-refractivity contribution in [3.8, 4) is 17.2 Å². The Kier molecular flexibility index (Phi) is 4.14. The molecule has 2 aromatic rings. The first-order chi connectivity index (χ1) is 9.62.